The summed E-state index contributed by atoms with van der Waals surface area (Å²) in [5.74, 6) is -0.416. The fraction of sp³-hybridized carbons (Fsp3) is 0.111. The highest BCUT2D eigenvalue weighted by atomic mass is 35.5. The summed E-state index contributed by atoms with van der Waals surface area (Å²) in [4.78, 5) is 13.4. The molecule has 0 heterocycles. The van der Waals surface area contributed by atoms with Crippen LogP contribution >= 0.6 is 0 Å². The van der Waals surface area contributed by atoms with E-state index in [0.717, 1.165) is 0 Å². The Labute approximate surface area is 87.9 Å². The van der Waals surface area contributed by atoms with Gasteiger partial charge in [-0.1, -0.05) is 6.07 Å². The molecular formula is C9H11ClN2O2. The van der Waals surface area contributed by atoms with Crippen LogP contribution in [0, 0.1) is 0 Å². The van der Waals surface area contributed by atoms with E-state index in [1.807, 2.05) is 0 Å². The number of rotatable bonds is 2. The van der Waals surface area contributed by atoms with E-state index in [0.29, 0.717) is 11.5 Å². The smallest absolute Gasteiger partial charge is 0.335 e. The number of nitrogens with two attached hydrogens (primary N) is 1. The SMILES string of the molecule is CC(N)=[NH+]c1cccc(C(=O)O)c1.[Cl-]. The maximum Gasteiger partial charge on any atom is 0.335 e. The second kappa shape index (κ2) is 5.24. The van der Waals surface area contributed by atoms with Crippen LogP contribution in [0.1, 0.15) is 17.3 Å². The molecule has 1 aromatic rings. The number of aromatic carboxylic acids is 1. The van der Waals surface area contributed by atoms with Crippen molar-refractivity contribution in [3.63, 3.8) is 0 Å². The maximum absolute atomic E-state index is 10.6. The average molecular weight is 215 g/mol. The van der Waals surface area contributed by atoms with E-state index >= 15 is 0 Å². The molecule has 14 heavy (non-hydrogen) atoms. The van der Waals surface area contributed by atoms with Gasteiger partial charge in [0.2, 0.25) is 5.84 Å². The van der Waals surface area contributed by atoms with Gasteiger partial charge in [0.15, 0.2) is 0 Å². The van der Waals surface area contributed by atoms with Gasteiger partial charge < -0.3 is 17.5 Å². The van der Waals surface area contributed by atoms with Gasteiger partial charge in [-0.05, 0) is 18.2 Å². The summed E-state index contributed by atoms with van der Waals surface area (Å²) in [6.45, 7) is 1.70. The minimum atomic E-state index is -0.946. The molecular weight excluding hydrogens is 204 g/mol. The van der Waals surface area contributed by atoms with Crippen LogP contribution in [0.4, 0.5) is 5.69 Å². The molecule has 0 amide bonds. The van der Waals surface area contributed by atoms with Crippen LogP contribution < -0.4 is 23.1 Å². The molecule has 4 nitrogen and oxygen atoms in total. The van der Waals surface area contributed by atoms with Crippen molar-refractivity contribution in [1.29, 1.82) is 0 Å². The first-order valence-corrected chi connectivity index (χ1v) is 3.79. The molecule has 0 aliphatic heterocycles. The monoisotopic (exact) mass is 214 g/mol. The second-order valence-corrected chi connectivity index (χ2v) is 2.69. The Balaban J connectivity index is 0.00000169. The van der Waals surface area contributed by atoms with E-state index in [9.17, 15) is 4.79 Å². The Kier molecular flexibility index (Phi) is 4.66. The highest BCUT2D eigenvalue weighted by Crippen LogP contribution is 2.04. The van der Waals surface area contributed by atoms with E-state index in [-0.39, 0.29) is 18.0 Å². The van der Waals surface area contributed by atoms with Gasteiger partial charge >= 0.3 is 5.97 Å². The Bertz CT molecular complexity index is 360. The van der Waals surface area contributed by atoms with Gasteiger partial charge in [-0.15, -0.1) is 0 Å². The molecule has 0 unspecified atom stereocenters. The third-order valence-electron chi connectivity index (χ3n) is 1.45. The zero-order valence-electron chi connectivity index (χ0n) is 7.62. The fourth-order valence-corrected chi connectivity index (χ4v) is 0.958. The van der Waals surface area contributed by atoms with E-state index in [4.69, 9.17) is 10.8 Å². The van der Waals surface area contributed by atoms with Crippen LogP contribution in [-0.4, -0.2) is 16.9 Å². The van der Waals surface area contributed by atoms with Gasteiger partial charge in [-0.25, -0.2) is 9.79 Å². The number of carboxylic acid groups (broad SMARTS) is 1. The number of benzene rings is 1. The van der Waals surface area contributed by atoms with Crippen molar-refractivity contribution in [1.82, 2.24) is 0 Å². The molecule has 0 aliphatic rings. The second-order valence-electron chi connectivity index (χ2n) is 2.69. The first kappa shape index (κ1) is 12.4. The van der Waals surface area contributed by atoms with Gasteiger partial charge in [0.05, 0.1) is 5.56 Å². The van der Waals surface area contributed by atoms with Crippen LogP contribution in [0.3, 0.4) is 0 Å². The summed E-state index contributed by atoms with van der Waals surface area (Å²) in [5, 5.41) is 8.68. The number of carboxylic acids is 1. The molecule has 0 aromatic heterocycles. The third kappa shape index (κ3) is 3.45. The van der Waals surface area contributed by atoms with Crippen LogP contribution in [0.15, 0.2) is 24.3 Å². The summed E-state index contributed by atoms with van der Waals surface area (Å²) in [5.41, 5.74) is 6.33. The molecule has 0 saturated carbocycles. The van der Waals surface area contributed by atoms with Crippen molar-refractivity contribution in [2.75, 3.05) is 0 Å². The lowest BCUT2D eigenvalue weighted by Gasteiger charge is -1.94. The molecule has 1 rings (SSSR count). The zero-order valence-corrected chi connectivity index (χ0v) is 8.38. The minimum Gasteiger partial charge on any atom is -1.00 e. The number of carbonyl (C=O) groups is 1. The maximum atomic E-state index is 10.6. The van der Waals surface area contributed by atoms with Crippen molar-refractivity contribution in [2.24, 2.45) is 5.73 Å². The van der Waals surface area contributed by atoms with Crippen molar-refractivity contribution in [2.45, 2.75) is 6.92 Å². The van der Waals surface area contributed by atoms with E-state index < -0.39 is 5.97 Å². The Morgan fingerprint density at radius 3 is 2.64 bits per heavy atom. The molecule has 76 valence electrons. The van der Waals surface area contributed by atoms with Crippen molar-refractivity contribution >= 4 is 17.5 Å². The highest BCUT2D eigenvalue weighted by Gasteiger charge is 2.03. The molecule has 0 aliphatic carbocycles. The Morgan fingerprint density at radius 2 is 2.14 bits per heavy atom. The zero-order chi connectivity index (χ0) is 9.84. The number of amidine groups is 1. The van der Waals surface area contributed by atoms with Gasteiger partial charge in [0.1, 0.15) is 5.69 Å². The molecule has 0 atom stereocenters. The summed E-state index contributed by atoms with van der Waals surface area (Å²) in [7, 11) is 0. The largest absolute Gasteiger partial charge is 1.00 e. The van der Waals surface area contributed by atoms with E-state index in [1.54, 1.807) is 19.1 Å². The Hall–Kier alpha value is -1.55. The highest BCUT2D eigenvalue weighted by molar-refractivity contribution is 5.88. The van der Waals surface area contributed by atoms with E-state index in [1.165, 1.54) is 12.1 Å². The van der Waals surface area contributed by atoms with Crippen LogP contribution in [-0.2, 0) is 0 Å². The number of halogens is 1. The predicted molar refractivity (Wildman–Crippen MR) is 48.9 cm³/mol. The van der Waals surface area contributed by atoms with Crippen molar-refractivity contribution in [3.8, 4) is 0 Å². The van der Waals surface area contributed by atoms with Crippen LogP contribution in [0.2, 0.25) is 0 Å². The van der Waals surface area contributed by atoms with Crippen molar-refractivity contribution in [3.05, 3.63) is 29.8 Å². The first-order valence-electron chi connectivity index (χ1n) is 3.79. The number of nitrogens with one attached hydrogen (secondary N) is 1. The summed E-state index contributed by atoms with van der Waals surface area (Å²) in [6, 6.07) is 6.47. The summed E-state index contributed by atoms with van der Waals surface area (Å²) < 4.78 is 0. The van der Waals surface area contributed by atoms with Gasteiger partial charge in [0.25, 0.3) is 0 Å². The van der Waals surface area contributed by atoms with Gasteiger partial charge in [0, 0.05) is 6.92 Å². The van der Waals surface area contributed by atoms with Crippen LogP contribution in [0.5, 0.6) is 0 Å². The molecule has 5 heteroatoms. The minimum absolute atomic E-state index is 0. The standard InChI is InChI=1S/C9H10N2O2.ClH/c1-6(10)11-8-4-2-3-7(5-8)9(12)13;/h2-5H,1H3,(H2,10,11)(H,12,13);1H. The molecule has 4 N–H and O–H groups in total. The van der Waals surface area contributed by atoms with Gasteiger partial charge in [-0.3, -0.25) is 5.73 Å². The molecule has 0 spiro atoms. The lowest BCUT2D eigenvalue weighted by molar-refractivity contribution is -0.355. The normalized spacial score (nSPS) is 10.5. The van der Waals surface area contributed by atoms with Crippen LogP contribution in [0.25, 0.3) is 0 Å². The van der Waals surface area contributed by atoms with Gasteiger partial charge in [-0.2, -0.15) is 0 Å². The Morgan fingerprint density at radius 1 is 1.50 bits per heavy atom. The average Bonchev–Trinajstić information content (AvgIpc) is 2.03. The number of hydrogen-bond donors (Lipinski definition) is 3. The quantitative estimate of drug-likeness (QED) is 0.353. The molecule has 1 aromatic carbocycles. The number of hydrogen-bond acceptors (Lipinski definition) is 1. The topological polar surface area (TPSA) is 77.3 Å². The lowest BCUT2D eigenvalue weighted by Crippen LogP contribution is -3.00. The first-order chi connectivity index (χ1) is 6.09. The molecule has 0 saturated heterocycles. The summed E-state index contributed by atoms with van der Waals surface area (Å²) in [6.07, 6.45) is 0. The molecule has 0 bridgehead atoms. The molecule has 0 fully saturated rings. The van der Waals surface area contributed by atoms with E-state index in [2.05, 4.69) is 4.99 Å². The molecule has 0 radical (unpaired) electrons. The predicted octanol–water partition coefficient (Wildman–Crippen LogP) is -3.52. The third-order valence-corrected chi connectivity index (χ3v) is 1.45. The fourth-order valence-electron chi connectivity index (χ4n) is 0.958. The van der Waals surface area contributed by atoms with Crippen molar-refractivity contribution < 1.29 is 27.3 Å². The summed E-state index contributed by atoms with van der Waals surface area (Å²) >= 11 is 0. The lowest BCUT2D eigenvalue weighted by atomic mass is 10.2.